The lowest BCUT2D eigenvalue weighted by Crippen LogP contribution is -2.41. The molecule has 7 nitrogen and oxygen atoms in total. The van der Waals surface area contributed by atoms with Crippen LogP contribution in [0.25, 0.3) is 11.1 Å². The third kappa shape index (κ3) is 7.03. The van der Waals surface area contributed by atoms with E-state index in [1.807, 2.05) is 31.2 Å². The van der Waals surface area contributed by atoms with Crippen molar-refractivity contribution in [2.75, 3.05) is 26.4 Å². The number of carbonyl (C=O) groups is 2. The number of hydrogen-bond acceptors (Lipinski definition) is 7. The third-order valence-electron chi connectivity index (χ3n) is 5.09. The Bertz CT molecular complexity index is 988. The zero-order valence-corrected chi connectivity index (χ0v) is 19.0. The minimum absolute atomic E-state index is 0.0459. The Morgan fingerprint density at radius 2 is 1.67 bits per heavy atom. The summed E-state index contributed by atoms with van der Waals surface area (Å²) in [5, 5.41) is 19.5. The fourth-order valence-corrected chi connectivity index (χ4v) is 2.92. The van der Waals surface area contributed by atoms with Crippen LogP contribution >= 0.6 is 0 Å². The highest BCUT2D eigenvalue weighted by molar-refractivity contribution is 5.88. The summed E-state index contributed by atoms with van der Waals surface area (Å²) in [7, 11) is 0. The molecule has 2 rings (SSSR count). The standard InChI is InChI=1S/C26H30O7/c1-5-19-13-22(31-16-26(14-27,15-28)17-32-24(29)6-2)11-12-23(19)20-7-9-21(10-8-20)33-25(30)18(3)4/h6-13,27-28H,2-3,5,14-17H2,1,4H3. The zero-order valence-electron chi connectivity index (χ0n) is 19.0. The van der Waals surface area contributed by atoms with Gasteiger partial charge in [-0.2, -0.15) is 0 Å². The number of hydrogen-bond donors (Lipinski definition) is 2. The molecule has 0 bridgehead atoms. The van der Waals surface area contributed by atoms with E-state index in [1.54, 1.807) is 25.1 Å². The first kappa shape index (κ1) is 25.8. The van der Waals surface area contributed by atoms with Gasteiger partial charge in [-0.3, -0.25) is 0 Å². The van der Waals surface area contributed by atoms with Gasteiger partial charge in [-0.25, -0.2) is 9.59 Å². The fourth-order valence-electron chi connectivity index (χ4n) is 2.92. The van der Waals surface area contributed by atoms with Crippen molar-refractivity contribution >= 4 is 11.9 Å². The Balaban J connectivity index is 2.15. The van der Waals surface area contributed by atoms with E-state index in [9.17, 15) is 19.8 Å². The van der Waals surface area contributed by atoms with Crippen LogP contribution in [0.2, 0.25) is 0 Å². The number of rotatable bonds is 12. The molecule has 33 heavy (non-hydrogen) atoms. The van der Waals surface area contributed by atoms with E-state index in [0.29, 0.717) is 17.1 Å². The maximum Gasteiger partial charge on any atom is 0.338 e. The first-order valence-electron chi connectivity index (χ1n) is 10.5. The summed E-state index contributed by atoms with van der Waals surface area (Å²) in [6.07, 6.45) is 1.75. The van der Waals surface area contributed by atoms with Crippen LogP contribution in [-0.4, -0.2) is 48.6 Å². The predicted molar refractivity (Wildman–Crippen MR) is 125 cm³/mol. The Kier molecular flexibility index (Phi) is 9.39. The second kappa shape index (κ2) is 12.0. The average molecular weight is 455 g/mol. The van der Waals surface area contributed by atoms with E-state index >= 15 is 0 Å². The smallest absolute Gasteiger partial charge is 0.338 e. The Hall–Kier alpha value is -3.42. The quantitative estimate of drug-likeness (QED) is 0.288. The number of ether oxygens (including phenoxy) is 3. The molecule has 2 aromatic rings. The fraction of sp³-hybridized carbons (Fsp3) is 0.308. The maximum atomic E-state index is 11.7. The second-order valence-corrected chi connectivity index (χ2v) is 7.78. The van der Waals surface area contributed by atoms with Crippen LogP contribution < -0.4 is 9.47 Å². The average Bonchev–Trinajstić information content (AvgIpc) is 2.84. The van der Waals surface area contributed by atoms with E-state index in [4.69, 9.17) is 14.2 Å². The van der Waals surface area contributed by atoms with Crippen molar-refractivity contribution in [1.29, 1.82) is 0 Å². The van der Waals surface area contributed by atoms with Crippen molar-refractivity contribution in [3.05, 3.63) is 72.8 Å². The first-order valence-corrected chi connectivity index (χ1v) is 10.5. The van der Waals surface area contributed by atoms with Crippen molar-refractivity contribution in [3.63, 3.8) is 0 Å². The highest BCUT2D eigenvalue weighted by Crippen LogP contribution is 2.30. The molecule has 0 aliphatic carbocycles. The van der Waals surface area contributed by atoms with E-state index in [1.165, 1.54) is 0 Å². The summed E-state index contributed by atoms with van der Waals surface area (Å²) in [5.74, 6) is -0.117. The van der Waals surface area contributed by atoms with Gasteiger partial charge in [-0.15, -0.1) is 0 Å². The predicted octanol–water partition coefficient (Wildman–Crippen LogP) is 3.48. The molecule has 0 saturated heterocycles. The molecular weight excluding hydrogens is 424 g/mol. The van der Waals surface area contributed by atoms with Gasteiger partial charge in [0.1, 0.15) is 24.7 Å². The zero-order chi connectivity index (χ0) is 24.4. The summed E-state index contributed by atoms with van der Waals surface area (Å²) in [6.45, 7) is 9.42. The molecule has 2 aromatic carbocycles. The first-order chi connectivity index (χ1) is 15.8. The van der Waals surface area contributed by atoms with E-state index in [0.717, 1.165) is 29.2 Å². The van der Waals surface area contributed by atoms with Crippen molar-refractivity contribution in [3.8, 4) is 22.6 Å². The van der Waals surface area contributed by atoms with Crippen LogP contribution in [0.15, 0.2) is 67.3 Å². The number of carbonyl (C=O) groups excluding carboxylic acids is 2. The van der Waals surface area contributed by atoms with Crippen molar-refractivity contribution in [2.24, 2.45) is 5.41 Å². The highest BCUT2D eigenvalue weighted by Gasteiger charge is 2.32. The van der Waals surface area contributed by atoms with Crippen LogP contribution in [0.4, 0.5) is 0 Å². The van der Waals surface area contributed by atoms with Crippen LogP contribution in [0.3, 0.4) is 0 Å². The summed E-state index contributed by atoms with van der Waals surface area (Å²) in [5.41, 5.74) is 2.16. The molecule has 0 spiro atoms. The van der Waals surface area contributed by atoms with Gasteiger partial charge in [0.15, 0.2) is 0 Å². The molecule has 0 atom stereocenters. The Morgan fingerprint density at radius 3 is 2.21 bits per heavy atom. The number of aliphatic hydroxyl groups excluding tert-OH is 2. The topological polar surface area (TPSA) is 102 Å². The summed E-state index contributed by atoms with van der Waals surface area (Å²) >= 11 is 0. The van der Waals surface area contributed by atoms with E-state index in [-0.39, 0.29) is 13.2 Å². The molecule has 7 heteroatoms. The highest BCUT2D eigenvalue weighted by atomic mass is 16.5. The number of aliphatic hydroxyl groups is 2. The number of benzene rings is 2. The van der Waals surface area contributed by atoms with E-state index in [2.05, 4.69) is 13.2 Å². The van der Waals surface area contributed by atoms with Gasteiger partial charge < -0.3 is 24.4 Å². The van der Waals surface area contributed by atoms with Gasteiger partial charge in [0.05, 0.1) is 18.6 Å². The maximum absolute atomic E-state index is 11.7. The molecule has 0 aromatic heterocycles. The molecular formula is C26H30O7. The van der Waals surface area contributed by atoms with E-state index < -0.39 is 30.6 Å². The molecule has 176 valence electrons. The lowest BCUT2D eigenvalue weighted by molar-refractivity contribution is -0.145. The molecule has 0 fully saturated rings. The summed E-state index contributed by atoms with van der Waals surface area (Å²) in [6, 6.07) is 12.8. The third-order valence-corrected chi connectivity index (χ3v) is 5.09. The summed E-state index contributed by atoms with van der Waals surface area (Å²) in [4.78, 5) is 23.0. The lowest BCUT2D eigenvalue weighted by Gasteiger charge is -2.29. The van der Waals surface area contributed by atoms with Crippen LogP contribution in [0.1, 0.15) is 19.4 Å². The van der Waals surface area contributed by atoms with Gasteiger partial charge in [0.2, 0.25) is 0 Å². The van der Waals surface area contributed by atoms with Crippen LogP contribution in [0, 0.1) is 5.41 Å². The lowest BCUT2D eigenvalue weighted by atomic mass is 9.92. The Morgan fingerprint density at radius 1 is 1.03 bits per heavy atom. The van der Waals surface area contributed by atoms with Gasteiger partial charge >= 0.3 is 11.9 Å². The van der Waals surface area contributed by atoms with Crippen LogP contribution in [0.5, 0.6) is 11.5 Å². The second-order valence-electron chi connectivity index (χ2n) is 7.78. The molecule has 0 radical (unpaired) electrons. The number of aryl methyl sites for hydroxylation is 1. The van der Waals surface area contributed by atoms with Gasteiger partial charge in [0, 0.05) is 11.6 Å². The monoisotopic (exact) mass is 454 g/mol. The van der Waals surface area contributed by atoms with Gasteiger partial charge in [-0.1, -0.05) is 38.3 Å². The molecule has 2 N–H and O–H groups in total. The van der Waals surface area contributed by atoms with Crippen molar-refractivity contribution < 1.29 is 34.0 Å². The molecule has 0 unspecified atom stereocenters. The molecule has 0 heterocycles. The van der Waals surface area contributed by atoms with Crippen molar-refractivity contribution in [1.82, 2.24) is 0 Å². The van der Waals surface area contributed by atoms with Gasteiger partial charge in [0.25, 0.3) is 0 Å². The Labute approximate surface area is 193 Å². The molecule has 0 saturated carbocycles. The molecule has 0 amide bonds. The summed E-state index contributed by atoms with van der Waals surface area (Å²) < 4.78 is 16.1. The minimum Gasteiger partial charge on any atom is -0.493 e. The van der Waals surface area contributed by atoms with Crippen LogP contribution in [-0.2, 0) is 20.7 Å². The molecule has 0 aliphatic heterocycles. The minimum atomic E-state index is -1.14. The van der Waals surface area contributed by atoms with Crippen molar-refractivity contribution in [2.45, 2.75) is 20.3 Å². The normalized spacial score (nSPS) is 10.9. The van der Waals surface area contributed by atoms with Gasteiger partial charge in [-0.05, 0) is 54.3 Å². The number of esters is 2. The SMILES string of the molecule is C=CC(=O)OCC(CO)(CO)COc1ccc(-c2ccc(OC(=O)C(=C)C)cc2)c(CC)c1. The molecule has 0 aliphatic rings. The largest absolute Gasteiger partial charge is 0.493 e.